The van der Waals surface area contributed by atoms with Crippen molar-refractivity contribution >= 4 is 21.9 Å². The fourth-order valence-electron chi connectivity index (χ4n) is 1.52. The van der Waals surface area contributed by atoms with Crippen LogP contribution in [0.25, 0.3) is 0 Å². The van der Waals surface area contributed by atoms with Gasteiger partial charge in [0.15, 0.2) is 5.82 Å². The van der Waals surface area contributed by atoms with Gasteiger partial charge in [0.25, 0.3) is 0 Å². The molecular formula is C11H11BrN4O2. The molecule has 1 aromatic carbocycles. The minimum absolute atomic E-state index is 0.498. The van der Waals surface area contributed by atoms with Gasteiger partial charge in [-0.25, -0.2) is 9.48 Å². The summed E-state index contributed by atoms with van der Waals surface area (Å²) >= 11 is 3.36. The van der Waals surface area contributed by atoms with Gasteiger partial charge in [-0.15, -0.1) is 5.10 Å². The number of rotatable bonds is 4. The van der Waals surface area contributed by atoms with Crippen LogP contribution in [0.1, 0.15) is 24.4 Å². The maximum absolute atomic E-state index is 10.9. The van der Waals surface area contributed by atoms with Crippen molar-refractivity contribution in [2.45, 2.75) is 19.4 Å². The standard InChI is InChI=1S/C11H11BrN4O2/c1-7(11(17)18)16-10(13-14-15-16)6-8-2-4-9(12)5-3-8/h2-5,7H,6H2,1H3,(H,17,18). The van der Waals surface area contributed by atoms with E-state index in [2.05, 4.69) is 31.5 Å². The lowest BCUT2D eigenvalue weighted by atomic mass is 10.1. The van der Waals surface area contributed by atoms with Crippen LogP contribution in [0, 0.1) is 0 Å². The molecule has 0 aliphatic heterocycles. The molecule has 1 N–H and O–H groups in total. The molecule has 0 radical (unpaired) electrons. The van der Waals surface area contributed by atoms with Crippen molar-refractivity contribution in [2.75, 3.05) is 0 Å². The summed E-state index contributed by atoms with van der Waals surface area (Å²) in [6.07, 6.45) is 0.498. The first-order chi connectivity index (χ1) is 8.58. The van der Waals surface area contributed by atoms with Crippen LogP contribution in [-0.2, 0) is 11.2 Å². The van der Waals surface area contributed by atoms with Crippen LogP contribution in [0.3, 0.4) is 0 Å². The normalized spacial score (nSPS) is 12.3. The highest BCUT2D eigenvalue weighted by Crippen LogP contribution is 2.14. The topological polar surface area (TPSA) is 80.9 Å². The van der Waals surface area contributed by atoms with Crippen LogP contribution in [0.4, 0.5) is 0 Å². The van der Waals surface area contributed by atoms with E-state index in [1.54, 1.807) is 6.92 Å². The number of carboxylic acid groups (broad SMARTS) is 1. The number of carboxylic acids is 1. The van der Waals surface area contributed by atoms with Crippen LogP contribution in [0.15, 0.2) is 28.7 Å². The van der Waals surface area contributed by atoms with Crippen molar-refractivity contribution in [2.24, 2.45) is 0 Å². The van der Waals surface area contributed by atoms with Gasteiger partial charge < -0.3 is 5.11 Å². The van der Waals surface area contributed by atoms with E-state index in [1.165, 1.54) is 4.68 Å². The molecule has 1 atom stereocenters. The Labute approximate surface area is 112 Å². The first-order valence-electron chi connectivity index (χ1n) is 5.32. The number of halogens is 1. The summed E-state index contributed by atoms with van der Waals surface area (Å²) in [6, 6.07) is 6.95. The predicted molar refractivity (Wildman–Crippen MR) is 67.1 cm³/mol. The van der Waals surface area contributed by atoms with Crippen molar-refractivity contribution in [3.63, 3.8) is 0 Å². The number of benzene rings is 1. The highest BCUT2D eigenvalue weighted by molar-refractivity contribution is 9.10. The van der Waals surface area contributed by atoms with Crippen LogP contribution in [-0.4, -0.2) is 31.3 Å². The number of carbonyl (C=O) groups is 1. The van der Waals surface area contributed by atoms with Gasteiger partial charge in [0.05, 0.1) is 0 Å². The Kier molecular flexibility index (Phi) is 3.71. The van der Waals surface area contributed by atoms with Crippen molar-refractivity contribution in [3.05, 3.63) is 40.1 Å². The zero-order valence-electron chi connectivity index (χ0n) is 9.62. The summed E-state index contributed by atoms with van der Waals surface area (Å²) in [5, 5.41) is 20.1. The van der Waals surface area contributed by atoms with Crippen molar-refractivity contribution in [3.8, 4) is 0 Å². The molecule has 0 aliphatic carbocycles. The number of tetrazole rings is 1. The Morgan fingerprint density at radius 2 is 2.11 bits per heavy atom. The molecule has 18 heavy (non-hydrogen) atoms. The van der Waals surface area contributed by atoms with Crippen LogP contribution in [0.2, 0.25) is 0 Å². The van der Waals surface area contributed by atoms with Gasteiger partial charge in [-0.2, -0.15) is 0 Å². The molecule has 94 valence electrons. The molecule has 0 bridgehead atoms. The number of nitrogens with zero attached hydrogens (tertiary/aromatic N) is 4. The molecule has 2 aromatic rings. The Balaban J connectivity index is 2.22. The smallest absolute Gasteiger partial charge is 0.328 e. The first kappa shape index (κ1) is 12.7. The van der Waals surface area contributed by atoms with E-state index in [1.807, 2.05) is 24.3 Å². The Hall–Kier alpha value is -1.76. The van der Waals surface area contributed by atoms with E-state index in [9.17, 15) is 4.79 Å². The van der Waals surface area contributed by atoms with Crippen LogP contribution < -0.4 is 0 Å². The van der Waals surface area contributed by atoms with Gasteiger partial charge >= 0.3 is 5.97 Å². The molecular weight excluding hydrogens is 300 g/mol. The number of aliphatic carboxylic acids is 1. The molecule has 2 rings (SSSR count). The number of hydrogen-bond acceptors (Lipinski definition) is 4. The van der Waals surface area contributed by atoms with Gasteiger partial charge in [-0.1, -0.05) is 28.1 Å². The first-order valence-corrected chi connectivity index (χ1v) is 6.11. The third-order valence-electron chi connectivity index (χ3n) is 2.56. The maximum Gasteiger partial charge on any atom is 0.328 e. The second-order valence-electron chi connectivity index (χ2n) is 3.86. The lowest BCUT2D eigenvalue weighted by Gasteiger charge is -2.08. The zero-order chi connectivity index (χ0) is 13.1. The van der Waals surface area contributed by atoms with Gasteiger partial charge in [0.1, 0.15) is 6.04 Å². The number of hydrogen-bond donors (Lipinski definition) is 1. The summed E-state index contributed by atoms with van der Waals surface area (Å²) in [4.78, 5) is 10.9. The lowest BCUT2D eigenvalue weighted by Crippen LogP contribution is -2.19. The molecule has 0 amide bonds. The van der Waals surface area contributed by atoms with Crippen molar-refractivity contribution in [1.82, 2.24) is 20.2 Å². The fourth-order valence-corrected chi connectivity index (χ4v) is 1.78. The predicted octanol–water partition coefficient (Wildman–Crippen LogP) is 1.67. The maximum atomic E-state index is 10.9. The molecule has 1 heterocycles. The third-order valence-corrected chi connectivity index (χ3v) is 3.09. The quantitative estimate of drug-likeness (QED) is 0.929. The highest BCUT2D eigenvalue weighted by atomic mass is 79.9. The number of aromatic nitrogens is 4. The molecule has 7 heteroatoms. The summed E-state index contributed by atoms with van der Waals surface area (Å²) in [5.74, 6) is -0.424. The van der Waals surface area contributed by atoms with E-state index in [-0.39, 0.29) is 0 Å². The van der Waals surface area contributed by atoms with Gasteiger partial charge in [-0.3, -0.25) is 0 Å². The summed E-state index contributed by atoms with van der Waals surface area (Å²) in [5.41, 5.74) is 1.02. The van der Waals surface area contributed by atoms with E-state index in [0.717, 1.165) is 10.0 Å². The molecule has 6 nitrogen and oxygen atoms in total. The molecule has 0 fully saturated rings. The van der Waals surface area contributed by atoms with Crippen molar-refractivity contribution < 1.29 is 9.90 Å². The second-order valence-corrected chi connectivity index (χ2v) is 4.77. The SMILES string of the molecule is CC(C(=O)O)n1nnnc1Cc1ccc(Br)cc1. The van der Waals surface area contributed by atoms with E-state index >= 15 is 0 Å². The van der Waals surface area contributed by atoms with Gasteiger partial charge in [0, 0.05) is 10.9 Å². The van der Waals surface area contributed by atoms with E-state index < -0.39 is 12.0 Å². The molecule has 0 spiro atoms. The molecule has 0 saturated heterocycles. The van der Waals surface area contributed by atoms with Crippen molar-refractivity contribution in [1.29, 1.82) is 0 Å². The Morgan fingerprint density at radius 1 is 1.44 bits per heavy atom. The largest absolute Gasteiger partial charge is 0.480 e. The third kappa shape index (κ3) is 2.73. The average Bonchev–Trinajstić information content (AvgIpc) is 2.79. The van der Waals surface area contributed by atoms with Gasteiger partial charge in [-0.05, 0) is 35.0 Å². The monoisotopic (exact) mass is 310 g/mol. The average molecular weight is 311 g/mol. The minimum atomic E-state index is -0.959. The minimum Gasteiger partial charge on any atom is -0.480 e. The molecule has 1 unspecified atom stereocenters. The molecule has 1 aromatic heterocycles. The second kappa shape index (κ2) is 5.26. The lowest BCUT2D eigenvalue weighted by molar-refractivity contribution is -0.140. The van der Waals surface area contributed by atoms with Crippen LogP contribution >= 0.6 is 15.9 Å². The summed E-state index contributed by atoms with van der Waals surface area (Å²) in [6.45, 7) is 1.55. The fraction of sp³-hybridized carbons (Fsp3) is 0.273. The van der Waals surface area contributed by atoms with Crippen LogP contribution in [0.5, 0.6) is 0 Å². The van der Waals surface area contributed by atoms with E-state index in [4.69, 9.17) is 5.11 Å². The summed E-state index contributed by atoms with van der Waals surface area (Å²) < 4.78 is 2.31. The molecule has 0 saturated carbocycles. The summed E-state index contributed by atoms with van der Waals surface area (Å²) in [7, 11) is 0. The molecule has 0 aliphatic rings. The van der Waals surface area contributed by atoms with E-state index in [0.29, 0.717) is 12.2 Å². The van der Waals surface area contributed by atoms with Gasteiger partial charge in [0.2, 0.25) is 0 Å². The zero-order valence-corrected chi connectivity index (χ0v) is 11.2. The Morgan fingerprint density at radius 3 is 2.72 bits per heavy atom. The Bertz CT molecular complexity index is 552. The highest BCUT2D eigenvalue weighted by Gasteiger charge is 2.19.